The Morgan fingerprint density at radius 3 is 2.40 bits per heavy atom. The standard InChI is InChI=1S/C12H9NO.B/c14-9-12-8-11(6-7-13-12)10-4-2-1-3-5-10;/h1-9H;. The molecular formula is C12H9BNO. The van der Waals surface area contributed by atoms with Crippen molar-refractivity contribution in [2.75, 3.05) is 0 Å². The molecule has 3 heteroatoms. The lowest BCUT2D eigenvalue weighted by atomic mass is 10.1. The van der Waals surface area contributed by atoms with Crippen LogP contribution in [0.15, 0.2) is 48.7 Å². The lowest BCUT2D eigenvalue weighted by Gasteiger charge is -2.00. The predicted molar refractivity (Wildman–Crippen MR) is 60.8 cm³/mol. The highest BCUT2D eigenvalue weighted by Gasteiger charge is 1.97. The molecule has 0 fully saturated rings. The molecule has 0 bridgehead atoms. The molecule has 3 radical (unpaired) electrons. The average Bonchev–Trinajstić information content (AvgIpc) is 2.30. The first-order valence-corrected chi connectivity index (χ1v) is 4.37. The van der Waals surface area contributed by atoms with Crippen LogP contribution in [0.2, 0.25) is 0 Å². The van der Waals surface area contributed by atoms with Crippen LogP contribution in [0.5, 0.6) is 0 Å². The molecule has 1 aromatic heterocycles. The lowest BCUT2D eigenvalue weighted by molar-refractivity contribution is 0.111. The molecule has 15 heavy (non-hydrogen) atoms. The molecule has 0 unspecified atom stereocenters. The second-order valence-corrected chi connectivity index (χ2v) is 2.95. The summed E-state index contributed by atoms with van der Waals surface area (Å²) in [6.45, 7) is 0. The third kappa shape index (κ3) is 2.53. The van der Waals surface area contributed by atoms with Crippen molar-refractivity contribution in [3.63, 3.8) is 0 Å². The Balaban J connectivity index is 0.00000112. The zero-order chi connectivity index (χ0) is 9.80. The van der Waals surface area contributed by atoms with Crippen LogP contribution in [0.1, 0.15) is 10.5 Å². The summed E-state index contributed by atoms with van der Waals surface area (Å²) in [6, 6.07) is 13.6. The smallest absolute Gasteiger partial charge is 0.168 e. The van der Waals surface area contributed by atoms with Crippen molar-refractivity contribution < 1.29 is 4.79 Å². The maximum atomic E-state index is 10.5. The van der Waals surface area contributed by atoms with Gasteiger partial charge in [-0.25, -0.2) is 0 Å². The maximum absolute atomic E-state index is 10.5. The van der Waals surface area contributed by atoms with E-state index < -0.39 is 0 Å². The molecule has 0 aliphatic rings. The number of pyridine rings is 1. The summed E-state index contributed by atoms with van der Waals surface area (Å²) < 4.78 is 0. The summed E-state index contributed by atoms with van der Waals surface area (Å²) in [7, 11) is 0. The van der Waals surface area contributed by atoms with E-state index in [-0.39, 0.29) is 8.41 Å². The van der Waals surface area contributed by atoms with E-state index in [9.17, 15) is 4.79 Å². The van der Waals surface area contributed by atoms with Gasteiger partial charge in [0.1, 0.15) is 5.69 Å². The highest BCUT2D eigenvalue weighted by atomic mass is 16.1. The molecule has 1 aromatic carbocycles. The lowest BCUT2D eigenvalue weighted by Crippen LogP contribution is -1.86. The Morgan fingerprint density at radius 2 is 1.73 bits per heavy atom. The largest absolute Gasteiger partial charge is 0.296 e. The van der Waals surface area contributed by atoms with Gasteiger partial charge in [-0.3, -0.25) is 9.78 Å². The molecule has 1 heterocycles. The number of rotatable bonds is 2. The van der Waals surface area contributed by atoms with Crippen LogP contribution in [-0.4, -0.2) is 19.7 Å². The molecule has 0 aliphatic heterocycles. The molecule has 2 rings (SSSR count). The van der Waals surface area contributed by atoms with E-state index in [1.807, 2.05) is 36.4 Å². The Kier molecular flexibility index (Phi) is 3.80. The fraction of sp³-hybridized carbons (Fsp3) is 0. The first-order chi connectivity index (χ1) is 6.90. The van der Waals surface area contributed by atoms with Gasteiger partial charge < -0.3 is 0 Å². The Hall–Kier alpha value is -1.90. The fourth-order valence-corrected chi connectivity index (χ4v) is 1.32. The van der Waals surface area contributed by atoms with Gasteiger partial charge in [0, 0.05) is 14.6 Å². The van der Waals surface area contributed by atoms with Crippen molar-refractivity contribution in [1.29, 1.82) is 0 Å². The second kappa shape index (κ2) is 5.10. The van der Waals surface area contributed by atoms with Gasteiger partial charge in [-0.05, 0) is 23.3 Å². The van der Waals surface area contributed by atoms with E-state index in [0.29, 0.717) is 5.69 Å². The number of aromatic nitrogens is 1. The maximum Gasteiger partial charge on any atom is 0.168 e. The summed E-state index contributed by atoms with van der Waals surface area (Å²) in [4.78, 5) is 14.4. The highest BCUT2D eigenvalue weighted by molar-refractivity contribution is 5.76. The molecule has 0 spiro atoms. The molecule has 0 N–H and O–H groups in total. The number of carbonyl (C=O) groups excluding carboxylic acids is 1. The summed E-state index contributed by atoms with van der Waals surface area (Å²) in [5.74, 6) is 0. The molecule has 0 atom stereocenters. The van der Waals surface area contributed by atoms with E-state index in [0.717, 1.165) is 17.4 Å². The van der Waals surface area contributed by atoms with E-state index in [1.54, 1.807) is 12.3 Å². The van der Waals surface area contributed by atoms with Crippen LogP contribution < -0.4 is 0 Å². The van der Waals surface area contributed by atoms with Crippen molar-refractivity contribution >= 4 is 14.7 Å². The van der Waals surface area contributed by atoms with Gasteiger partial charge in [0.05, 0.1) is 0 Å². The first-order valence-electron chi connectivity index (χ1n) is 4.37. The summed E-state index contributed by atoms with van der Waals surface area (Å²) in [5, 5.41) is 0. The van der Waals surface area contributed by atoms with Crippen LogP contribution in [0.3, 0.4) is 0 Å². The molecule has 2 aromatic rings. The average molecular weight is 194 g/mol. The van der Waals surface area contributed by atoms with Crippen molar-refractivity contribution in [2.45, 2.75) is 0 Å². The Morgan fingerprint density at radius 1 is 1.00 bits per heavy atom. The summed E-state index contributed by atoms with van der Waals surface area (Å²) in [5.41, 5.74) is 2.58. The predicted octanol–water partition coefficient (Wildman–Crippen LogP) is 2.18. The molecule has 0 amide bonds. The molecule has 71 valence electrons. The van der Waals surface area contributed by atoms with E-state index >= 15 is 0 Å². The van der Waals surface area contributed by atoms with Gasteiger partial charge in [-0.2, -0.15) is 0 Å². The first kappa shape index (κ1) is 11.2. The number of hydrogen-bond acceptors (Lipinski definition) is 2. The van der Waals surface area contributed by atoms with E-state index in [2.05, 4.69) is 4.98 Å². The zero-order valence-electron chi connectivity index (χ0n) is 8.13. The van der Waals surface area contributed by atoms with Crippen molar-refractivity contribution in [3.8, 4) is 11.1 Å². The van der Waals surface area contributed by atoms with Gasteiger partial charge in [-0.15, -0.1) is 0 Å². The van der Waals surface area contributed by atoms with Crippen molar-refractivity contribution in [1.82, 2.24) is 4.98 Å². The summed E-state index contributed by atoms with van der Waals surface area (Å²) in [6.07, 6.45) is 2.40. The topological polar surface area (TPSA) is 30.0 Å². The summed E-state index contributed by atoms with van der Waals surface area (Å²) >= 11 is 0. The highest BCUT2D eigenvalue weighted by Crippen LogP contribution is 2.17. The molecule has 0 aliphatic carbocycles. The molecule has 0 saturated carbocycles. The Labute approximate surface area is 90.6 Å². The number of aldehydes is 1. The van der Waals surface area contributed by atoms with E-state index in [4.69, 9.17) is 0 Å². The minimum absolute atomic E-state index is 0. The van der Waals surface area contributed by atoms with Gasteiger partial charge >= 0.3 is 0 Å². The third-order valence-corrected chi connectivity index (χ3v) is 2.01. The molecule has 2 nitrogen and oxygen atoms in total. The minimum Gasteiger partial charge on any atom is -0.296 e. The molecular weight excluding hydrogens is 185 g/mol. The minimum atomic E-state index is 0. The normalized spacial score (nSPS) is 9.07. The van der Waals surface area contributed by atoms with Crippen LogP contribution in [0, 0.1) is 0 Å². The quantitative estimate of drug-likeness (QED) is 0.541. The number of carbonyl (C=O) groups is 1. The number of hydrogen-bond donors (Lipinski definition) is 0. The van der Waals surface area contributed by atoms with Crippen LogP contribution in [-0.2, 0) is 0 Å². The Bertz CT molecular complexity index is 442. The van der Waals surface area contributed by atoms with Crippen LogP contribution in [0.4, 0.5) is 0 Å². The van der Waals surface area contributed by atoms with E-state index in [1.165, 1.54) is 0 Å². The number of nitrogens with zero attached hydrogens (tertiary/aromatic N) is 1. The number of benzene rings is 1. The van der Waals surface area contributed by atoms with Crippen molar-refractivity contribution in [2.24, 2.45) is 0 Å². The zero-order valence-corrected chi connectivity index (χ0v) is 8.13. The van der Waals surface area contributed by atoms with Gasteiger partial charge in [0.2, 0.25) is 0 Å². The van der Waals surface area contributed by atoms with Crippen molar-refractivity contribution in [3.05, 3.63) is 54.4 Å². The third-order valence-electron chi connectivity index (χ3n) is 2.01. The second-order valence-electron chi connectivity index (χ2n) is 2.95. The monoisotopic (exact) mass is 194 g/mol. The van der Waals surface area contributed by atoms with Gasteiger partial charge in [0.25, 0.3) is 0 Å². The fourth-order valence-electron chi connectivity index (χ4n) is 1.32. The van der Waals surface area contributed by atoms with Gasteiger partial charge in [0.15, 0.2) is 6.29 Å². The van der Waals surface area contributed by atoms with Crippen LogP contribution in [0.25, 0.3) is 11.1 Å². The van der Waals surface area contributed by atoms with Gasteiger partial charge in [-0.1, -0.05) is 30.3 Å². The molecule has 0 saturated heterocycles. The SMILES string of the molecule is O=Cc1cc(-c2ccccc2)ccn1.[B]. The van der Waals surface area contributed by atoms with Crippen LogP contribution >= 0.6 is 0 Å².